The van der Waals surface area contributed by atoms with E-state index in [-0.39, 0.29) is 23.9 Å². The molecule has 1 aliphatic heterocycles. The minimum atomic E-state index is -0.564. The third kappa shape index (κ3) is 2.68. The predicted molar refractivity (Wildman–Crippen MR) is 57.0 cm³/mol. The van der Waals surface area contributed by atoms with Gasteiger partial charge in [-0.15, -0.1) is 0 Å². The third-order valence-electron chi connectivity index (χ3n) is 2.59. The van der Waals surface area contributed by atoms with Crippen molar-refractivity contribution in [1.29, 1.82) is 0 Å². The molecule has 0 saturated carbocycles. The van der Waals surface area contributed by atoms with E-state index in [1.165, 1.54) is 0 Å². The summed E-state index contributed by atoms with van der Waals surface area (Å²) in [5.74, 6) is -0.266. The van der Waals surface area contributed by atoms with Gasteiger partial charge in [0.15, 0.2) is 0 Å². The standard InChI is InChI=1S/C10H19N3O2/c1-6(2)13-5-4-8(10(13)15)12-9(14)7(3)11/h6-8H,4-5,11H2,1-3H3,(H,12,14). The summed E-state index contributed by atoms with van der Waals surface area (Å²) >= 11 is 0. The smallest absolute Gasteiger partial charge is 0.245 e. The Balaban J connectivity index is 2.53. The lowest BCUT2D eigenvalue weighted by Crippen LogP contribution is -2.48. The number of nitrogens with zero attached hydrogens (tertiary/aromatic N) is 1. The van der Waals surface area contributed by atoms with Crippen molar-refractivity contribution < 1.29 is 9.59 Å². The number of carbonyl (C=O) groups excluding carboxylic acids is 2. The molecule has 1 heterocycles. The molecule has 2 atom stereocenters. The number of rotatable bonds is 3. The van der Waals surface area contributed by atoms with Gasteiger partial charge in [-0.1, -0.05) is 0 Å². The zero-order chi connectivity index (χ0) is 11.6. The van der Waals surface area contributed by atoms with Crippen LogP contribution in [0, 0.1) is 0 Å². The zero-order valence-corrected chi connectivity index (χ0v) is 9.49. The lowest BCUT2D eigenvalue weighted by molar-refractivity contribution is -0.133. The van der Waals surface area contributed by atoms with E-state index in [1.54, 1.807) is 11.8 Å². The molecule has 15 heavy (non-hydrogen) atoms. The Bertz CT molecular complexity index is 263. The fraction of sp³-hybridized carbons (Fsp3) is 0.800. The van der Waals surface area contributed by atoms with Crippen molar-refractivity contribution in [1.82, 2.24) is 10.2 Å². The van der Waals surface area contributed by atoms with Crippen LogP contribution in [0.15, 0.2) is 0 Å². The van der Waals surface area contributed by atoms with E-state index in [9.17, 15) is 9.59 Å². The average Bonchev–Trinajstić information content (AvgIpc) is 2.48. The molecule has 1 aliphatic rings. The second kappa shape index (κ2) is 4.61. The Morgan fingerprint density at radius 1 is 1.53 bits per heavy atom. The maximum absolute atomic E-state index is 11.8. The monoisotopic (exact) mass is 213 g/mol. The topological polar surface area (TPSA) is 75.4 Å². The Morgan fingerprint density at radius 2 is 2.13 bits per heavy atom. The molecule has 2 amide bonds. The summed E-state index contributed by atoms with van der Waals surface area (Å²) in [7, 11) is 0. The van der Waals surface area contributed by atoms with Gasteiger partial charge in [0, 0.05) is 12.6 Å². The first kappa shape index (κ1) is 12.0. The minimum absolute atomic E-state index is 0.000926. The highest BCUT2D eigenvalue weighted by molar-refractivity contribution is 5.90. The van der Waals surface area contributed by atoms with Gasteiger partial charge in [0.2, 0.25) is 11.8 Å². The summed E-state index contributed by atoms with van der Waals surface area (Å²) < 4.78 is 0. The molecule has 0 spiro atoms. The summed E-state index contributed by atoms with van der Waals surface area (Å²) in [5, 5.41) is 2.66. The molecule has 1 rings (SSSR count). The summed E-state index contributed by atoms with van der Waals surface area (Å²) in [6.45, 7) is 6.25. The number of nitrogens with two attached hydrogens (primary N) is 1. The number of hydrogen-bond donors (Lipinski definition) is 2. The maximum atomic E-state index is 11.8. The van der Waals surface area contributed by atoms with Crippen LogP contribution in [0.1, 0.15) is 27.2 Å². The van der Waals surface area contributed by atoms with Crippen molar-refractivity contribution in [2.75, 3.05) is 6.54 Å². The van der Waals surface area contributed by atoms with Crippen molar-refractivity contribution >= 4 is 11.8 Å². The van der Waals surface area contributed by atoms with Crippen LogP contribution in [0.2, 0.25) is 0 Å². The Kier molecular flexibility index (Phi) is 3.68. The van der Waals surface area contributed by atoms with Gasteiger partial charge in [-0.3, -0.25) is 9.59 Å². The van der Waals surface area contributed by atoms with Gasteiger partial charge in [-0.25, -0.2) is 0 Å². The molecule has 2 unspecified atom stereocenters. The van der Waals surface area contributed by atoms with Crippen molar-refractivity contribution in [3.63, 3.8) is 0 Å². The van der Waals surface area contributed by atoms with Gasteiger partial charge in [-0.05, 0) is 27.2 Å². The largest absolute Gasteiger partial charge is 0.343 e. The predicted octanol–water partition coefficient (Wildman–Crippen LogP) is -0.541. The highest BCUT2D eigenvalue weighted by atomic mass is 16.2. The van der Waals surface area contributed by atoms with Gasteiger partial charge in [0.1, 0.15) is 6.04 Å². The summed E-state index contributed by atoms with van der Waals surface area (Å²) in [4.78, 5) is 24.9. The molecule has 0 radical (unpaired) electrons. The van der Waals surface area contributed by atoms with Crippen LogP contribution in [0.3, 0.4) is 0 Å². The van der Waals surface area contributed by atoms with Crippen molar-refractivity contribution in [3.05, 3.63) is 0 Å². The van der Waals surface area contributed by atoms with E-state index < -0.39 is 6.04 Å². The highest BCUT2D eigenvalue weighted by Gasteiger charge is 2.34. The molecule has 3 N–H and O–H groups in total. The number of nitrogens with one attached hydrogen (secondary N) is 1. The molecule has 5 heteroatoms. The van der Waals surface area contributed by atoms with Gasteiger partial charge < -0.3 is 16.0 Å². The lowest BCUT2D eigenvalue weighted by atomic mass is 10.2. The molecule has 1 fully saturated rings. The number of carbonyl (C=O) groups is 2. The van der Waals surface area contributed by atoms with E-state index in [2.05, 4.69) is 5.32 Å². The molecular weight excluding hydrogens is 194 g/mol. The molecule has 1 saturated heterocycles. The van der Waals surface area contributed by atoms with Crippen molar-refractivity contribution in [3.8, 4) is 0 Å². The van der Waals surface area contributed by atoms with E-state index in [1.807, 2.05) is 13.8 Å². The first-order valence-electron chi connectivity index (χ1n) is 5.30. The van der Waals surface area contributed by atoms with E-state index in [0.29, 0.717) is 13.0 Å². The molecule has 5 nitrogen and oxygen atoms in total. The van der Waals surface area contributed by atoms with Crippen LogP contribution in [0.25, 0.3) is 0 Å². The van der Waals surface area contributed by atoms with Gasteiger partial charge in [0.25, 0.3) is 0 Å². The molecule has 86 valence electrons. The lowest BCUT2D eigenvalue weighted by Gasteiger charge is -2.21. The summed E-state index contributed by atoms with van der Waals surface area (Å²) in [6, 6.07) is -0.758. The van der Waals surface area contributed by atoms with Crippen LogP contribution in [-0.2, 0) is 9.59 Å². The summed E-state index contributed by atoms with van der Waals surface area (Å²) in [5.41, 5.74) is 5.42. The van der Waals surface area contributed by atoms with Gasteiger partial charge in [0.05, 0.1) is 6.04 Å². The number of likely N-dealkylation sites (tertiary alicyclic amines) is 1. The van der Waals surface area contributed by atoms with Crippen LogP contribution < -0.4 is 11.1 Å². The first-order chi connectivity index (χ1) is 6.93. The van der Waals surface area contributed by atoms with Crippen LogP contribution >= 0.6 is 0 Å². The third-order valence-corrected chi connectivity index (χ3v) is 2.59. The highest BCUT2D eigenvalue weighted by Crippen LogP contribution is 2.14. The average molecular weight is 213 g/mol. The van der Waals surface area contributed by atoms with Crippen LogP contribution in [-0.4, -0.2) is 41.4 Å². The molecule has 0 bridgehead atoms. The summed E-state index contributed by atoms with van der Waals surface area (Å²) in [6.07, 6.45) is 0.676. The van der Waals surface area contributed by atoms with Crippen LogP contribution in [0.5, 0.6) is 0 Å². The Morgan fingerprint density at radius 3 is 2.53 bits per heavy atom. The Hall–Kier alpha value is -1.10. The normalized spacial score (nSPS) is 23.4. The molecule has 0 aromatic rings. The molecule has 0 aliphatic carbocycles. The zero-order valence-electron chi connectivity index (χ0n) is 9.49. The Labute approximate surface area is 90.0 Å². The second-order valence-corrected chi connectivity index (χ2v) is 4.26. The second-order valence-electron chi connectivity index (χ2n) is 4.26. The quantitative estimate of drug-likeness (QED) is 0.661. The fourth-order valence-electron chi connectivity index (χ4n) is 1.65. The SMILES string of the molecule is CC(N)C(=O)NC1CCN(C(C)C)C1=O. The van der Waals surface area contributed by atoms with E-state index >= 15 is 0 Å². The molecular formula is C10H19N3O2. The fourth-order valence-corrected chi connectivity index (χ4v) is 1.65. The molecule has 0 aromatic carbocycles. The maximum Gasteiger partial charge on any atom is 0.245 e. The molecule has 0 aromatic heterocycles. The van der Waals surface area contributed by atoms with Crippen molar-refractivity contribution in [2.24, 2.45) is 5.73 Å². The minimum Gasteiger partial charge on any atom is -0.343 e. The van der Waals surface area contributed by atoms with Gasteiger partial charge in [-0.2, -0.15) is 0 Å². The van der Waals surface area contributed by atoms with Crippen LogP contribution in [0.4, 0.5) is 0 Å². The number of hydrogen-bond acceptors (Lipinski definition) is 3. The van der Waals surface area contributed by atoms with E-state index in [0.717, 1.165) is 0 Å². The van der Waals surface area contributed by atoms with E-state index in [4.69, 9.17) is 5.73 Å². The first-order valence-corrected chi connectivity index (χ1v) is 5.30. The number of amides is 2. The van der Waals surface area contributed by atoms with Crippen molar-refractivity contribution in [2.45, 2.75) is 45.3 Å². The van der Waals surface area contributed by atoms with Gasteiger partial charge >= 0.3 is 0 Å².